The van der Waals surface area contributed by atoms with E-state index in [1.165, 1.54) is 11.3 Å². The van der Waals surface area contributed by atoms with Gasteiger partial charge in [0.1, 0.15) is 0 Å². The van der Waals surface area contributed by atoms with Gasteiger partial charge in [-0.3, -0.25) is 9.59 Å². The van der Waals surface area contributed by atoms with Crippen LogP contribution in [0.5, 0.6) is 0 Å². The van der Waals surface area contributed by atoms with Crippen LogP contribution in [0.3, 0.4) is 0 Å². The number of carbonyl (C=O) groups excluding carboxylic acids is 2. The molecule has 26 heavy (non-hydrogen) atoms. The normalized spacial score (nSPS) is 21.1. The van der Waals surface area contributed by atoms with E-state index >= 15 is 0 Å². The van der Waals surface area contributed by atoms with Crippen molar-refractivity contribution in [2.24, 2.45) is 5.92 Å². The van der Waals surface area contributed by atoms with E-state index in [1.807, 2.05) is 38.9 Å². The molecule has 8 heteroatoms. The third kappa shape index (κ3) is 3.61. The van der Waals surface area contributed by atoms with Crippen LogP contribution in [0.15, 0.2) is 29.1 Å². The second kappa shape index (κ2) is 7.75. The number of anilines is 1. The molecular formula is C18H22N4O2S2. The smallest absolute Gasteiger partial charge is 0.263 e. The Morgan fingerprint density at radius 3 is 2.58 bits per heavy atom. The van der Waals surface area contributed by atoms with Crippen LogP contribution in [0.25, 0.3) is 0 Å². The summed E-state index contributed by atoms with van der Waals surface area (Å²) in [5, 5.41) is 4.93. The summed E-state index contributed by atoms with van der Waals surface area (Å²) in [5.74, 6) is 0.192. The molecule has 2 aliphatic heterocycles. The lowest BCUT2D eigenvalue weighted by molar-refractivity contribution is -0.137. The fourth-order valence-electron chi connectivity index (χ4n) is 3.67. The fraction of sp³-hybridized carbons (Fsp3) is 0.500. The van der Waals surface area contributed by atoms with Crippen LogP contribution in [-0.2, 0) is 4.79 Å². The third-order valence-electron chi connectivity index (χ3n) is 5.07. The van der Waals surface area contributed by atoms with Crippen LogP contribution in [0.4, 0.5) is 5.13 Å². The molecule has 2 fully saturated rings. The lowest BCUT2D eigenvalue weighted by atomic mass is 9.96. The van der Waals surface area contributed by atoms with Crippen molar-refractivity contribution in [2.75, 3.05) is 44.2 Å². The number of piperidine rings is 1. The lowest BCUT2D eigenvalue weighted by Gasteiger charge is -2.38. The zero-order valence-electron chi connectivity index (χ0n) is 14.5. The van der Waals surface area contributed by atoms with Crippen LogP contribution >= 0.6 is 22.7 Å². The Morgan fingerprint density at radius 1 is 1.04 bits per heavy atom. The van der Waals surface area contributed by atoms with Gasteiger partial charge >= 0.3 is 0 Å². The Hall–Kier alpha value is -1.93. The van der Waals surface area contributed by atoms with Gasteiger partial charge in [-0.1, -0.05) is 6.07 Å². The molecule has 4 heterocycles. The summed E-state index contributed by atoms with van der Waals surface area (Å²) >= 11 is 3.10. The Kier molecular flexibility index (Phi) is 5.21. The molecule has 1 unspecified atom stereocenters. The van der Waals surface area contributed by atoms with Gasteiger partial charge in [0.05, 0.1) is 10.8 Å². The summed E-state index contributed by atoms with van der Waals surface area (Å²) in [6, 6.07) is 3.75. The SMILES string of the molecule is O=C(c1cccs1)N1CCCC(C(=O)N2CCN(c3nccs3)CC2)C1. The summed E-state index contributed by atoms with van der Waals surface area (Å²) in [7, 11) is 0. The average molecular weight is 391 g/mol. The van der Waals surface area contributed by atoms with Crippen LogP contribution in [0, 0.1) is 5.92 Å². The molecule has 2 aromatic heterocycles. The highest BCUT2D eigenvalue weighted by Crippen LogP contribution is 2.24. The number of hydrogen-bond acceptors (Lipinski definition) is 6. The van der Waals surface area contributed by atoms with Crippen molar-refractivity contribution in [3.63, 3.8) is 0 Å². The van der Waals surface area contributed by atoms with Gasteiger partial charge in [-0.15, -0.1) is 22.7 Å². The quantitative estimate of drug-likeness (QED) is 0.808. The highest BCUT2D eigenvalue weighted by Gasteiger charge is 2.33. The van der Waals surface area contributed by atoms with Crippen molar-refractivity contribution < 1.29 is 9.59 Å². The van der Waals surface area contributed by atoms with E-state index < -0.39 is 0 Å². The van der Waals surface area contributed by atoms with Crippen LogP contribution in [0.2, 0.25) is 0 Å². The van der Waals surface area contributed by atoms with Crippen molar-refractivity contribution in [3.05, 3.63) is 34.0 Å². The minimum absolute atomic E-state index is 0.0612. The van der Waals surface area contributed by atoms with Gasteiger partial charge in [0.15, 0.2) is 5.13 Å². The zero-order chi connectivity index (χ0) is 17.9. The molecule has 2 saturated heterocycles. The summed E-state index contributed by atoms with van der Waals surface area (Å²) < 4.78 is 0. The number of nitrogens with zero attached hydrogens (tertiary/aromatic N) is 4. The van der Waals surface area contributed by atoms with Crippen molar-refractivity contribution in [2.45, 2.75) is 12.8 Å². The maximum absolute atomic E-state index is 13.0. The van der Waals surface area contributed by atoms with E-state index in [0.29, 0.717) is 6.54 Å². The maximum atomic E-state index is 13.0. The number of thiazole rings is 1. The van der Waals surface area contributed by atoms with Crippen LogP contribution < -0.4 is 4.90 Å². The predicted octanol–water partition coefficient (Wildman–Crippen LogP) is 2.41. The predicted molar refractivity (Wildman–Crippen MR) is 104 cm³/mol. The molecule has 1 atom stereocenters. The number of aromatic nitrogens is 1. The number of hydrogen-bond donors (Lipinski definition) is 0. The monoisotopic (exact) mass is 390 g/mol. The van der Waals surface area contributed by atoms with Gasteiger partial charge < -0.3 is 14.7 Å². The molecule has 6 nitrogen and oxygen atoms in total. The minimum Gasteiger partial charge on any atom is -0.345 e. The Balaban J connectivity index is 1.34. The average Bonchev–Trinajstić information content (AvgIpc) is 3.41. The van der Waals surface area contributed by atoms with E-state index in [9.17, 15) is 9.59 Å². The van der Waals surface area contributed by atoms with E-state index in [4.69, 9.17) is 0 Å². The molecule has 0 aliphatic carbocycles. The molecule has 0 aromatic carbocycles. The number of piperazine rings is 1. The summed E-state index contributed by atoms with van der Waals surface area (Å²) in [4.78, 5) is 36.7. The third-order valence-corrected chi connectivity index (χ3v) is 6.76. The first-order chi connectivity index (χ1) is 12.7. The van der Waals surface area contributed by atoms with Crippen molar-refractivity contribution in [1.82, 2.24) is 14.8 Å². The van der Waals surface area contributed by atoms with Gasteiger partial charge in [-0.25, -0.2) is 4.98 Å². The Labute approximate surface area is 161 Å². The maximum Gasteiger partial charge on any atom is 0.263 e. The number of carbonyl (C=O) groups is 2. The second-order valence-electron chi connectivity index (χ2n) is 6.69. The Bertz CT molecular complexity index is 739. The summed E-state index contributed by atoms with van der Waals surface area (Å²) in [6.07, 6.45) is 3.59. The number of thiophene rings is 1. The largest absolute Gasteiger partial charge is 0.345 e. The molecule has 2 aliphatic rings. The number of amides is 2. The van der Waals surface area contributed by atoms with Gasteiger partial charge in [0, 0.05) is 50.8 Å². The highest BCUT2D eigenvalue weighted by molar-refractivity contribution is 7.13. The molecule has 138 valence electrons. The van der Waals surface area contributed by atoms with Gasteiger partial charge in [-0.2, -0.15) is 0 Å². The van der Waals surface area contributed by atoms with E-state index in [2.05, 4.69) is 9.88 Å². The number of likely N-dealkylation sites (tertiary alicyclic amines) is 1. The number of rotatable bonds is 3. The van der Waals surface area contributed by atoms with Crippen LogP contribution in [0.1, 0.15) is 22.5 Å². The van der Waals surface area contributed by atoms with Crippen LogP contribution in [-0.4, -0.2) is 65.9 Å². The summed E-state index contributed by atoms with van der Waals surface area (Å²) in [6.45, 7) is 4.40. The fourth-order valence-corrected chi connectivity index (χ4v) is 5.06. The standard InChI is InChI=1S/C18H22N4O2S2/c23-16(20-7-9-21(10-8-20)18-19-5-12-26-18)14-3-1-6-22(13-14)17(24)15-4-2-11-25-15/h2,4-5,11-12,14H,1,3,6-10,13H2. The highest BCUT2D eigenvalue weighted by atomic mass is 32.1. The first-order valence-electron chi connectivity index (χ1n) is 8.98. The molecule has 2 amide bonds. The van der Waals surface area contributed by atoms with Gasteiger partial charge in [0.2, 0.25) is 5.91 Å². The van der Waals surface area contributed by atoms with E-state index in [-0.39, 0.29) is 17.7 Å². The molecule has 0 spiro atoms. The van der Waals surface area contributed by atoms with Crippen molar-refractivity contribution in [3.8, 4) is 0 Å². The van der Waals surface area contributed by atoms with E-state index in [0.717, 1.165) is 55.6 Å². The molecule has 2 aromatic rings. The summed E-state index contributed by atoms with van der Waals surface area (Å²) in [5.41, 5.74) is 0. The topological polar surface area (TPSA) is 56.8 Å². The molecule has 0 radical (unpaired) electrons. The minimum atomic E-state index is -0.0703. The first-order valence-corrected chi connectivity index (χ1v) is 10.7. The molecule has 0 N–H and O–H groups in total. The van der Waals surface area contributed by atoms with E-state index in [1.54, 1.807) is 11.3 Å². The first kappa shape index (κ1) is 17.5. The second-order valence-corrected chi connectivity index (χ2v) is 8.52. The molecular weight excluding hydrogens is 368 g/mol. The molecule has 0 saturated carbocycles. The Morgan fingerprint density at radius 2 is 1.88 bits per heavy atom. The lowest BCUT2D eigenvalue weighted by Crippen LogP contribution is -2.53. The van der Waals surface area contributed by atoms with Crippen molar-refractivity contribution in [1.29, 1.82) is 0 Å². The molecule has 0 bridgehead atoms. The van der Waals surface area contributed by atoms with Crippen molar-refractivity contribution >= 4 is 39.6 Å². The van der Waals surface area contributed by atoms with Gasteiger partial charge in [-0.05, 0) is 24.3 Å². The zero-order valence-corrected chi connectivity index (χ0v) is 16.2. The molecule has 4 rings (SSSR count). The van der Waals surface area contributed by atoms with Gasteiger partial charge in [0.25, 0.3) is 5.91 Å².